The number of nitrogens with two attached hydrogens (primary N) is 1. The molecule has 0 spiro atoms. The highest BCUT2D eigenvalue weighted by Gasteiger charge is 2.21. The number of primary amides is 1. The molecule has 0 unspecified atom stereocenters. The van der Waals surface area contributed by atoms with Crippen LogP contribution in [0.15, 0.2) is 30.5 Å². The van der Waals surface area contributed by atoms with Gasteiger partial charge in [-0.1, -0.05) is 45.2 Å². The summed E-state index contributed by atoms with van der Waals surface area (Å²) >= 11 is 1.52. The number of carbonyl (C=O) groups is 1. The van der Waals surface area contributed by atoms with Crippen molar-refractivity contribution in [2.45, 2.75) is 57.8 Å². The van der Waals surface area contributed by atoms with Gasteiger partial charge in [0.05, 0.1) is 5.69 Å². The zero-order chi connectivity index (χ0) is 17.1. The molecular formula is C19H25N3OS. The molecule has 5 heteroatoms. The Morgan fingerprint density at radius 3 is 2.42 bits per heavy atom. The predicted octanol–water partition coefficient (Wildman–Crippen LogP) is 5.53. The number of thiazole rings is 1. The summed E-state index contributed by atoms with van der Waals surface area (Å²) in [5, 5.41) is 0.636. The Morgan fingerprint density at radius 2 is 1.88 bits per heavy atom. The second kappa shape index (κ2) is 7.34. The summed E-state index contributed by atoms with van der Waals surface area (Å²) in [6.45, 7) is 4.23. The molecule has 3 rings (SSSR count). The van der Waals surface area contributed by atoms with Crippen molar-refractivity contribution >= 4 is 28.2 Å². The Labute approximate surface area is 147 Å². The molecule has 0 atom stereocenters. The zero-order valence-electron chi connectivity index (χ0n) is 14.4. The van der Waals surface area contributed by atoms with Crippen LogP contribution in [0.2, 0.25) is 0 Å². The minimum Gasteiger partial charge on any atom is -0.351 e. The summed E-state index contributed by atoms with van der Waals surface area (Å²) in [4.78, 5) is 19.0. The quantitative estimate of drug-likeness (QED) is 0.793. The molecule has 1 aromatic carbocycles. The minimum atomic E-state index is -0.495. The molecule has 24 heavy (non-hydrogen) atoms. The first-order valence-corrected chi connectivity index (χ1v) is 9.53. The summed E-state index contributed by atoms with van der Waals surface area (Å²) in [5.74, 6) is 1.04. The minimum absolute atomic E-state index is 0.389. The lowest BCUT2D eigenvalue weighted by Gasteiger charge is -2.23. The highest BCUT2D eigenvalue weighted by molar-refractivity contribution is 7.15. The number of amides is 2. The Morgan fingerprint density at radius 1 is 1.21 bits per heavy atom. The molecule has 0 radical (unpaired) electrons. The largest absolute Gasteiger partial charge is 0.351 e. The normalized spacial score (nSPS) is 15.6. The molecule has 2 aromatic rings. The van der Waals surface area contributed by atoms with Crippen LogP contribution < -0.4 is 10.6 Å². The van der Waals surface area contributed by atoms with Gasteiger partial charge in [-0.3, -0.25) is 0 Å². The summed E-state index contributed by atoms with van der Waals surface area (Å²) < 4.78 is 0. The molecule has 128 valence electrons. The van der Waals surface area contributed by atoms with Crippen LogP contribution in [0.25, 0.3) is 0 Å². The van der Waals surface area contributed by atoms with Gasteiger partial charge >= 0.3 is 6.03 Å². The topological polar surface area (TPSA) is 59.2 Å². The van der Waals surface area contributed by atoms with Crippen molar-refractivity contribution in [2.24, 2.45) is 5.73 Å². The van der Waals surface area contributed by atoms with Crippen molar-refractivity contribution in [3.63, 3.8) is 0 Å². The molecule has 0 bridgehead atoms. The summed E-state index contributed by atoms with van der Waals surface area (Å²) in [6.07, 6.45) is 8.35. The maximum absolute atomic E-state index is 12.0. The Balaban J connectivity index is 1.84. The van der Waals surface area contributed by atoms with Crippen molar-refractivity contribution in [1.29, 1.82) is 0 Å². The lowest BCUT2D eigenvalue weighted by molar-refractivity contribution is 0.256. The SMILES string of the molecule is CC(C)c1cnc(N(C(N)=O)c2ccc(C3CCCCC3)cc2)s1. The van der Waals surface area contributed by atoms with Crippen LogP contribution in [0.5, 0.6) is 0 Å². The van der Waals surface area contributed by atoms with E-state index in [1.165, 1.54) is 53.9 Å². The van der Waals surface area contributed by atoms with Crippen LogP contribution in [0.3, 0.4) is 0 Å². The van der Waals surface area contributed by atoms with Crippen LogP contribution in [-0.2, 0) is 0 Å². The summed E-state index contributed by atoms with van der Waals surface area (Å²) in [7, 11) is 0. The number of benzene rings is 1. The predicted molar refractivity (Wildman–Crippen MR) is 100 cm³/mol. The molecule has 1 heterocycles. The van der Waals surface area contributed by atoms with Gasteiger partial charge in [0.15, 0.2) is 5.13 Å². The van der Waals surface area contributed by atoms with Gasteiger partial charge in [-0.05, 0) is 42.4 Å². The van der Waals surface area contributed by atoms with E-state index in [0.29, 0.717) is 17.0 Å². The van der Waals surface area contributed by atoms with Crippen molar-refractivity contribution in [2.75, 3.05) is 4.90 Å². The third-order valence-electron chi connectivity index (χ3n) is 4.72. The monoisotopic (exact) mass is 343 g/mol. The molecule has 0 saturated heterocycles. The van der Waals surface area contributed by atoms with Crippen LogP contribution >= 0.6 is 11.3 Å². The van der Waals surface area contributed by atoms with E-state index < -0.39 is 6.03 Å². The molecule has 1 fully saturated rings. The Kier molecular flexibility index (Phi) is 5.19. The van der Waals surface area contributed by atoms with E-state index in [1.807, 2.05) is 18.3 Å². The highest BCUT2D eigenvalue weighted by atomic mass is 32.1. The van der Waals surface area contributed by atoms with E-state index >= 15 is 0 Å². The number of aromatic nitrogens is 1. The number of nitrogens with zero attached hydrogens (tertiary/aromatic N) is 2. The maximum atomic E-state index is 12.0. The van der Waals surface area contributed by atoms with Crippen LogP contribution in [0.1, 0.15) is 68.2 Å². The van der Waals surface area contributed by atoms with Gasteiger partial charge in [0, 0.05) is 11.1 Å². The highest BCUT2D eigenvalue weighted by Crippen LogP contribution is 2.36. The van der Waals surface area contributed by atoms with E-state index in [4.69, 9.17) is 5.73 Å². The van der Waals surface area contributed by atoms with Gasteiger partial charge in [0.2, 0.25) is 0 Å². The summed E-state index contributed by atoms with van der Waals surface area (Å²) in [6, 6.07) is 7.76. The molecule has 0 aliphatic heterocycles. The van der Waals surface area contributed by atoms with Gasteiger partial charge in [-0.2, -0.15) is 0 Å². The average molecular weight is 343 g/mol. The first-order chi connectivity index (χ1) is 11.6. The van der Waals surface area contributed by atoms with Crippen LogP contribution in [0.4, 0.5) is 15.6 Å². The molecule has 1 saturated carbocycles. The first-order valence-electron chi connectivity index (χ1n) is 8.71. The number of rotatable bonds is 4. The standard InChI is InChI=1S/C19H25N3OS/c1-13(2)17-12-21-19(24-17)22(18(20)23)16-10-8-15(9-11-16)14-6-4-3-5-7-14/h8-14H,3-7H2,1-2H3,(H2,20,23). The van der Waals surface area contributed by atoms with E-state index in [0.717, 1.165) is 10.6 Å². The molecule has 1 aliphatic carbocycles. The number of urea groups is 1. The first kappa shape index (κ1) is 17.0. The smallest absolute Gasteiger partial charge is 0.325 e. The number of anilines is 2. The van der Waals surface area contributed by atoms with Crippen molar-refractivity contribution < 1.29 is 4.79 Å². The lowest BCUT2D eigenvalue weighted by atomic mass is 9.84. The maximum Gasteiger partial charge on any atom is 0.325 e. The lowest BCUT2D eigenvalue weighted by Crippen LogP contribution is -2.31. The van der Waals surface area contributed by atoms with E-state index in [2.05, 4.69) is 31.0 Å². The fourth-order valence-corrected chi connectivity index (χ4v) is 4.25. The Hall–Kier alpha value is -1.88. The molecule has 1 aromatic heterocycles. The van der Waals surface area contributed by atoms with E-state index in [-0.39, 0.29) is 0 Å². The van der Waals surface area contributed by atoms with Crippen LogP contribution in [-0.4, -0.2) is 11.0 Å². The zero-order valence-corrected chi connectivity index (χ0v) is 15.2. The van der Waals surface area contributed by atoms with Crippen molar-refractivity contribution in [3.05, 3.63) is 40.9 Å². The van der Waals surface area contributed by atoms with Crippen molar-refractivity contribution in [3.8, 4) is 0 Å². The average Bonchev–Trinajstić information content (AvgIpc) is 3.06. The van der Waals surface area contributed by atoms with Gasteiger partial charge in [-0.15, -0.1) is 11.3 Å². The number of hydrogen-bond acceptors (Lipinski definition) is 3. The second-order valence-electron chi connectivity index (χ2n) is 6.80. The fourth-order valence-electron chi connectivity index (χ4n) is 3.31. The molecule has 2 N–H and O–H groups in total. The Bertz CT molecular complexity index is 687. The van der Waals surface area contributed by atoms with Gasteiger partial charge < -0.3 is 5.73 Å². The van der Waals surface area contributed by atoms with Crippen LogP contribution in [0, 0.1) is 0 Å². The molecule has 4 nitrogen and oxygen atoms in total. The van der Waals surface area contributed by atoms with Crippen molar-refractivity contribution in [1.82, 2.24) is 4.98 Å². The molecule has 1 aliphatic rings. The molecular weight excluding hydrogens is 318 g/mol. The van der Waals surface area contributed by atoms with E-state index in [1.54, 1.807) is 0 Å². The second-order valence-corrected chi connectivity index (χ2v) is 7.84. The number of hydrogen-bond donors (Lipinski definition) is 1. The third kappa shape index (κ3) is 3.61. The van der Waals surface area contributed by atoms with Gasteiger partial charge in [0.1, 0.15) is 0 Å². The summed E-state index contributed by atoms with van der Waals surface area (Å²) in [5.41, 5.74) is 7.77. The van der Waals surface area contributed by atoms with Gasteiger partial charge in [-0.25, -0.2) is 14.7 Å². The third-order valence-corrected chi connectivity index (χ3v) is 6.00. The fraction of sp³-hybridized carbons (Fsp3) is 0.474. The molecule has 2 amide bonds. The van der Waals surface area contributed by atoms with Gasteiger partial charge in [0.25, 0.3) is 0 Å². The van der Waals surface area contributed by atoms with E-state index in [9.17, 15) is 4.79 Å². The number of carbonyl (C=O) groups excluding carboxylic acids is 1.